The number of halogens is 1. The zero-order chi connectivity index (χ0) is 10.1. The third kappa shape index (κ3) is 1.67. The smallest absolute Gasteiger partial charge is 0.126 e. The van der Waals surface area contributed by atoms with Crippen molar-refractivity contribution in [3.8, 4) is 0 Å². The van der Waals surface area contributed by atoms with Gasteiger partial charge in [-0.05, 0) is 56.0 Å². The van der Waals surface area contributed by atoms with Crippen LogP contribution in [-0.2, 0) is 0 Å². The Bertz CT molecular complexity index is 335. The van der Waals surface area contributed by atoms with Crippen molar-refractivity contribution in [1.82, 2.24) is 5.32 Å². The molecule has 2 rings (SSSR count). The van der Waals surface area contributed by atoms with Crippen LogP contribution in [0.4, 0.5) is 4.39 Å². The molecule has 0 saturated heterocycles. The molecule has 0 aliphatic heterocycles. The summed E-state index contributed by atoms with van der Waals surface area (Å²) in [6.07, 6.45) is 1.20. The zero-order valence-electron chi connectivity index (χ0n) is 8.68. The largest absolute Gasteiger partial charge is 0.319 e. The summed E-state index contributed by atoms with van der Waals surface area (Å²) in [5, 5.41) is 3.17. The van der Waals surface area contributed by atoms with Crippen molar-refractivity contribution in [3.63, 3.8) is 0 Å². The standard InChI is InChI=1S/C12H16FN/c1-8-10(4-3-5-12(8)13)11-6-9(11)7-14-2/h3-5,9,11,14H,6-7H2,1-2H3/t9-,11+/m0/s1. The van der Waals surface area contributed by atoms with Crippen LogP contribution in [0.2, 0.25) is 0 Å². The summed E-state index contributed by atoms with van der Waals surface area (Å²) in [4.78, 5) is 0. The van der Waals surface area contributed by atoms with Crippen LogP contribution in [0.5, 0.6) is 0 Å². The lowest BCUT2D eigenvalue weighted by molar-refractivity contribution is 0.613. The maximum absolute atomic E-state index is 13.3. The van der Waals surface area contributed by atoms with E-state index < -0.39 is 0 Å². The molecular formula is C12H16FN. The number of nitrogens with one attached hydrogen (secondary N) is 1. The van der Waals surface area contributed by atoms with E-state index in [9.17, 15) is 4.39 Å². The Morgan fingerprint density at radius 3 is 3.00 bits per heavy atom. The molecule has 0 heterocycles. The molecular weight excluding hydrogens is 177 g/mol. The highest BCUT2D eigenvalue weighted by atomic mass is 19.1. The van der Waals surface area contributed by atoms with Crippen LogP contribution in [0.15, 0.2) is 18.2 Å². The summed E-state index contributed by atoms with van der Waals surface area (Å²) >= 11 is 0. The van der Waals surface area contributed by atoms with Gasteiger partial charge in [0.1, 0.15) is 5.82 Å². The van der Waals surface area contributed by atoms with Crippen LogP contribution in [0.25, 0.3) is 0 Å². The van der Waals surface area contributed by atoms with Gasteiger partial charge in [-0.2, -0.15) is 0 Å². The molecule has 1 aliphatic carbocycles. The first-order valence-electron chi connectivity index (χ1n) is 5.13. The normalized spacial score (nSPS) is 25.1. The summed E-state index contributed by atoms with van der Waals surface area (Å²) in [7, 11) is 1.97. The van der Waals surface area contributed by atoms with Crippen LogP contribution in [0, 0.1) is 18.7 Å². The van der Waals surface area contributed by atoms with Crippen molar-refractivity contribution in [2.75, 3.05) is 13.6 Å². The third-order valence-electron chi connectivity index (χ3n) is 3.10. The van der Waals surface area contributed by atoms with Crippen molar-refractivity contribution in [3.05, 3.63) is 35.1 Å². The topological polar surface area (TPSA) is 12.0 Å². The Kier molecular flexibility index (Phi) is 2.55. The quantitative estimate of drug-likeness (QED) is 0.777. The Hall–Kier alpha value is -0.890. The van der Waals surface area contributed by atoms with Gasteiger partial charge in [-0.1, -0.05) is 12.1 Å². The second-order valence-corrected chi connectivity index (χ2v) is 4.11. The van der Waals surface area contributed by atoms with E-state index in [1.165, 1.54) is 18.1 Å². The fraction of sp³-hybridized carbons (Fsp3) is 0.500. The van der Waals surface area contributed by atoms with Crippen molar-refractivity contribution in [2.45, 2.75) is 19.3 Å². The molecule has 1 nitrogen and oxygen atoms in total. The predicted molar refractivity (Wildman–Crippen MR) is 55.9 cm³/mol. The van der Waals surface area contributed by atoms with E-state index in [0.29, 0.717) is 11.8 Å². The molecule has 0 radical (unpaired) electrons. The molecule has 1 fully saturated rings. The molecule has 2 heteroatoms. The van der Waals surface area contributed by atoms with Crippen LogP contribution in [0.3, 0.4) is 0 Å². The first-order chi connectivity index (χ1) is 6.74. The monoisotopic (exact) mass is 193 g/mol. The van der Waals surface area contributed by atoms with Gasteiger partial charge in [0.05, 0.1) is 0 Å². The fourth-order valence-electron chi connectivity index (χ4n) is 2.14. The molecule has 1 saturated carbocycles. The summed E-state index contributed by atoms with van der Waals surface area (Å²) in [5.74, 6) is 1.22. The molecule has 1 N–H and O–H groups in total. The van der Waals surface area contributed by atoms with Gasteiger partial charge < -0.3 is 5.32 Å². The molecule has 2 atom stereocenters. The summed E-state index contributed by atoms with van der Waals surface area (Å²) < 4.78 is 13.3. The van der Waals surface area contributed by atoms with E-state index >= 15 is 0 Å². The molecule has 1 aromatic rings. The zero-order valence-corrected chi connectivity index (χ0v) is 8.68. The summed E-state index contributed by atoms with van der Waals surface area (Å²) in [5.41, 5.74) is 2.03. The van der Waals surface area contributed by atoms with E-state index in [1.807, 2.05) is 20.0 Å². The van der Waals surface area contributed by atoms with Crippen molar-refractivity contribution in [1.29, 1.82) is 0 Å². The van der Waals surface area contributed by atoms with Gasteiger partial charge in [0, 0.05) is 0 Å². The van der Waals surface area contributed by atoms with Crippen LogP contribution < -0.4 is 5.32 Å². The van der Waals surface area contributed by atoms with Gasteiger partial charge in [0.2, 0.25) is 0 Å². The highest BCUT2D eigenvalue weighted by Gasteiger charge is 2.38. The lowest BCUT2D eigenvalue weighted by Crippen LogP contribution is -2.10. The second-order valence-electron chi connectivity index (χ2n) is 4.11. The fourth-order valence-corrected chi connectivity index (χ4v) is 2.14. The first-order valence-corrected chi connectivity index (χ1v) is 5.13. The lowest BCUT2D eigenvalue weighted by atomic mass is 10.0. The molecule has 0 aromatic heterocycles. The Labute approximate surface area is 84.3 Å². The Morgan fingerprint density at radius 2 is 2.29 bits per heavy atom. The molecule has 76 valence electrons. The first kappa shape index (κ1) is 9.66. The maximum atomic E-state index is 13.3. The van der Waals surface area contributed by atoms with Crippen LogP contribution in [0.1, 0.15) is 23.5 Å². The third-order valence-corrected chi connectivity index (χ3v) is 3.10. The minimum Gasteiger partial charge on any atom is -0.319 e. The number of benzene rings is 1. The van der Waals surface area contributed by atoms with Gasteiger partial charge in [-0.3, -0.25) is 0 Å². The van der Waals surface area contributed by atoms with Crippen molar-refractivity contribution in [2.24, 2.45) is 5.92 Å². The molecule has 0 bridgehead atoms. The van der Waals surface area contributed by atoms with Gasteiger partial charge >= 0.3 is 0 Å². The van der Waals surface area contributed by atoms with E-state index in [-0.39, 0.29) is 5.82 Å². The number of hydrogen-bond donors (Lipinski definition) is 1. The SMILES string of the molecule is CNC[C@@H]1C[C@H]1c1cccc(F)c1C. The van der Waals surface area contributed by atoms with Crippen molar-refractivity contribution >= 4 is 0 Å². The molecule has 1 aromatic carbocycles. The molecule has 0 amide bonds. The van der Waals surface area contributed by atoms with Crippen molar-refractivity contribution < 1.29 is 4.39 Å². The molecule has 0 unspecified atom stereocenters. The van der Waals surface area contributed by atoms with Gasteiger partial charge in [-0.15, -0.1) is 0 Å². The minimum atomic E-state index is -0.0717. The van der Waals surface area contributed by atoms with Gasteiger partial charge in [-0.25, -0.2) is 4.39 Å². The van der Waals surface area contributed by atoms with Gasteiger partial charge in [0.25, 0.3) is 0 Å². The molecule has 1 aliphatic rings. The summed E-state index contributed by atoms with van der Waals surface area (Å²) in [6, 6.07) is 5.40. The predicted octanol–water partition coefficient (Wildman–Crippen LogP) is 2.46. The van der Waals surface area contributed by atoms with E-state index in [2.05, 4.69) is 11.4 Å². The van der Waals surface area contributed by atoms with Gasteiger partial charge in [0.15, 0.2) is 0 Å². The molecule has 14 heavy (non-hydrogen) atoms. The molecule has 0 spiro atoms. The van der Waals surface area contributed by atoms with E-state index in [0.717, 1.165) is 12.1 Å². The summed E-state index contributed by atoms with van der Waals surface area (Å²) in [6.45, 7) is 2.92. The highest BCUT2D eigenvalue weighted by Crippen LogP contribution is 2.48. The van der Waals surface area contributed by atoms with E-state index in [4.69, 9.17) is 0 Å². The Balaban J connectivity index is 2.15. The van der Waals surface area contributed by atoms with E-state index in [1.54, 1.807) is 0 Å². The van der Waals surface area contributed by atoms with Crippen LogP contribution >= 0.6 is 0 Å². The highest BCUT2D eigenvalue weighted by molar-refractivity contribution is 5.34. The van der Waals surface area contributed by atoms with Crippen LogP contribution in [-0.4, -0.2) is 13.6 Å². The Morgan fingerprint density at radius 1 is 1.50 bits per heavy atom. The average molecular weight is 193 g/mol. The number of rotatable bonds is 3. The average Bonchev–Trinajstić information content (AvgIpc) is 2.90. The number of hydrogen-bond acceptors (Lipinski definition) is 1. The lowest BCUT2D eigenvalue weighted by Gasteiger charge is -2.05. The maximum Gasteiger partial charge on any atom is 0.126 e. The second kappa shape index (κ2) is 3.70. The minimum absolute atomic E-state index is 0.0717.